The monoisotopic (exact) mass is 200 g/mol. The summed E-state index contributed by atoms with van der Waals surface area (Å²) in [7, 11) is 0. The van der Waals surface area contributed by atoms with E-state index < -0.39 is 17.4 Å². The molecule has 0 amide bonds. The summed E-state index contributed by atoms with van der Waals surface area (Å²) in [6, 6.07) is 0. The van der Waals surface area contributed by atoms with Gasteiger partial charge in [0.15, 0.2) is 0 Å². The number of aliphatic carboxylic acids is 2. The largest absolute Gasteiger partial charge is 0.481 e. The molecular formula is C10H16O4. The second-order valence-electron chi connectivity index (χ2n) is 3.20. The van der Waals surface area contributed by atoms with Crippen LogP contribution in [0.2, 0.25) is 0 Å². The maximum atomic E-state index is 11.0. The summed E-state index contributed by atoms with van der Waals surface area (Å²) < 4.78 is 0. The molecule has 4 nitrogen and oxygen atoms in total. The number of carboxylic acid groups (broad SMARTS) is 2. The average molecular weight is 200 g/mol. The SMILES string of the molecule is CCC=CC(CC)(CC(=O)O)C(=O)O. The van der Waals surface area contributed by atoms with Crippen LogP contribution in [0.25, 0.3) is 0 Å². The summed E-state index contributed by atoms with van der Waals surface area (Å²) in [4.78, 5) is 21.5. The van der Waals surface area contributed by atoms with E-state index in [1.165, 1.54) is 6.08 Å². The Morgan fingerprint density at radius 1 is 1.29 bits per heavy atom. The third-order valence-corrected chi connectivity index (χ3v) is 2.20. The van der Waals surface area contributed by atoms with Gasteiger partial charge in [-0.1, -0.05) is 26.0 Å². The van der Waals surface area contributed by atoms with Gasteiger partial charge in [-0.15, -0.1) is 0 Å². The van der Waals surface area contributed by atoms with E-state index in [0.717, 1.165) is 0 Å². The number of hydrogen-bond acceptors (Lipinski definition) is 2. The van der Waals surface area contributed by atoms with Crippen LogP contribution in [0.3, 0.4) is 0 Å². The van der Waals surface area contributed by atoms with Gasteiger partial charge < -0.3 is 10.2 Å². The van der Waals surface area contributed by atoms with Gasteiger partial charge in [0.1, 0.15) is 0 Å². The first kappa shape index (κ1) is 12.7. The van der Waals surface area contributed by atoms with Crippen LogP contribution in [0.15, 0.2) is 12.2 Å². The highest BCUT2D eigenvalue weighted by Crippen LogP contribution is 2.29. The van der Waals surface area contributed by atoms with Crippen molar-refractivity contribution in [1.29, 1.82) is 0 Å². The molecule has 0 aromatic rings. The van der Waals surface area contributed by atoms with Gasteiger partial charge in [-0.25, -0.2) is 0 Å². The molecule has 0 heterocycles. The molecule has 14 heavy (non-hydrogen) atoms. The van der Waals surface area contributed by atoms with Gasteiger partial charge in [0, 0.05) is 0 Å². The van der Waals surface area contributed by atoms with Crippen LogP contribution >= 0.6 is 0 Å². The predicted molar refractivity (Wildman–Crippen MR) is 52.0 cm³/mol. The summed E-state index contributed by atoms with van der Waals surface area (Å²) in [5.74, 6) is -2.16. The second kappa shape index (κ2) is 5.42. The minimum absolute atomic E-state index is 0.283. The Labute approximate surface area is 83.2 Å². The number of rotatable bonds is 6. The molecule has 0 aromatic carbocycles. The molecule has 0 spiro atoms. The third kappa shape index (κ3) is 3.20. The highest BCUT2D eigenvalue weighted by Gasteiger charge is 2.36. The number of allylic oxidation sites excluding steroid dienone is 1. The van der Waals surface area contributed by atoms with Gasteiger partial charge in [0.2, 0.25) is 0 Å². The molecular weight excluding hydrogens is 184 g/mol. The van der Waals surface area contributed by atoms with E-state index in [9.17, 15) is 9.59 Å². The summed E-state index contributed by atoms with van der Waals surface area (Å²) in [5.41, 5.74) is -1.25. The molecule has 0 bridgehead atoms. The van der Waals surface area contributed by atoms with E-state index in [2.05, 4.69) is 0 Å². The van der Waals surface area contributed by atoms with Crippen LogP contribution in [-0.4, -0.2) is 22.2 Å². The van der Waals surface area contributed by atoms with E-state index in [1.54, 1.807) is 13.0 Å². The van der Waals surface area contributed by atoms with Crippen LogP contribution in [0.1, 0.15) is 33.1 Å². The van der Waals surface area contributed by atoms with Crippen molar-refractivity contribution in [1.82, 2.24) is 0 Å². The molecule has 2 N–H and O–H groups in total. The predicted octanol–water partition coefficient (Wildman–Crippen LogP) is 1.91. The van der Waals surface area contributed by atoms with Crippen LogP contribution in [0.5, 0.6) is 0 Å². The fourth-order valence-electron chi connectivity index (χ4n) is 1.21. The first-order valence-electron chi connectivity index (χ1n) is 4.61. The van der Waals surface area contributed by atoms with Gasteiger partial charge in [0.05, 0.1) is 11.8 Å². The Morgan fingerprint density at radius 3 is 2.14 bits per heavy atom. The van der Waals surface area contributed by atoms with Crippen LogP contribution in [0, 0.1) is 5.41 Å². The molecule has 1 unspecified atom stereocenters. The van der Waals surface area contributed by atoms with Gasteiger partial charge >= 0.3 is 11.9 Å². The maximum Gasteiger partial charge on any atom is 0.314 e. The summed E-state index contributed by atoms with van der Waals surface area (Å²) in [5, 5.41) is 17.6. The van der Waals surface area contributed by atoms with Crippen LogP contribution < -0.4 is 0 Å². The van der Waals surface area contributed by atoms with Gasteiger partial charge in [-0.05, 0) is 12.8 Å². The first-order valence-corrected chi connectivity index (χ1v) is 4.61. The van der Waals surface area contributed by atoms with E-state index >= 15 is 0 Å². The van der Waals surface area contributed by atoms with E-state index in [4.69, 9.17) is 10.2 Å². The zero-order valence-electron chi connectivity index (χ0n) is 8.49. The van der Waals surface area contributed by atoms with E-state index in [-0.39, 0.29) is 12.8 Å². The van der Waals surface area contributed by atoms with Gasteiger partial charge in [-0.3, -0.25) is 9.59 Å². The average Bonchev–Trinajstić information content (AvgIpc) is 2.11. The van der Waals surface area contributed by atoms with Crippen molar-refractivity contribution in [2.24, 2.45) is 5.41 Å². The zero-order valence-corrected chi connectivity index (χ0v) is 8.49. The fourth-order valence-corrected chi connectivity index (χ4v) is 1.21. The smallest absolute Gasteiger partial charge is 0.314 e. The van der Waals surface area contributed by atoms with Crippen LogP contribution in [-0.2, 0) is 9.59 Å². The van der Waals surface area contributed by atoms with Gasteiger partial charge in [0.25, 0.3) is 0 Å². The molecule has 0 aliphatic carbocycles. The number of carbonyl (C=O) groups is 2. The lowest BCUT2D eigenvalue weighted by Crippen LogP contribution is -2.31. The highest BCUT2D eigenvalue weighted by atomic mass is 16.4. The van der Waals surface area contributed by atoms with Crippen molar-refractivity contribution in [2.45, 2.75) is 33.1 Å². The van der Waals surface area contributed by atoms with Gasteiger partial charge in [-0.2, -0.15) is 0 Å². The highest BCUT2D eigenvalue weighted by molar-refractivity contribution is 5.83. The minimum atomic E-state index is -1.25. The lowest BCUT2D eigenvalue weighted by Gasteiger charge is -2.21. The molecule has 0 aliphatic rings. The third-order valence-electron chi connectivity index (χ3n) is 2.20. The Morgan fingerprint density at radius 2 is 1.86 bits per heavy atom. The lowest BCUT2D eigenvalue weighted by molar-refractivity contribution is -0.152. The Kier molecular flexibility index (Phi) is 4.91. The number of carboxylic acids is 2. The number of hydrogen-bond donors (Lipinski definition) is 2. The minimum Gasteiger partial charge on any atom is -0.481 e. The molecule has 4 heteroatoms. The summed E-state index contributed by atoms with van der Waals surface area (Å²) >= 11 is 0. The van der Waals surface area contributed by atoms with Crippen molar-refractivity contribution in [3.05, 3.63) is 12.2 Å². The van der Waals surface area contributed by atoms with Crippen molar-refractivity contribution >= 4 is 11.9 Å². The van der Waals surface area contributed by atoms with Crippen molar-refractivity contribution in [3.63, 3.8) is 0 Å². The Hall–Kier alpha value is -1.32. The second-order valence-corrected chi connectivity index (χ2v) is 3.20. The molecule has 1 atom stereocenters. The molecule has 0 radical (unpaired) electrons. The molecule has 0 saturated heterocycles. The van der Waals surface area contributed by atoms with Crippen molar-refractivity contribution in [2.75, 3.05) is 0 Å². The Bertz CT molecular complexity index is 245. The molecule has 0 aromatic heterocycles. The molecule has 0 fully saturated rings. The summed E-state index contributed by atoms with van der Waals surface area (Å²) in [6.45, 7) is 3.55. The van der Waals surface area contributed by atoms with E-state index in [0.29, 0.717) is 6.42 Å². The molecule has 0 saturated carbocycles. The maximum absolute atomic E-state index is 11.0. The summed E-state index contributed by atoms with van der Waals surface area (Å²) in [6.07, 6.45) is 3.80. The lowest BCUT2D eigenvalue weighted by atomic mass is 9.81. The first-order chi connectivity index (χ1) is 6.48. The van der Waals surface area contributed by atoms with E-state index in [1.807, 2.05) is 6.92 Å². The molecule has 80 valence electrons. The zero-order chi connectivity index (χ0) is 11.2. The van der Waals surface area contributed by atoms with Crippen molar-refractivity contribution in [3.8, 4) is 0 Å². The quantitative estimate of drug-likeness (QED) is 0.642. The molecule has 0 aliphatic heterocycles. The standard InChI is InChI=1S/C10H16O4/c1-3-5-6-10(4-2,9(13)14)7-8(11)12/h5-6H,3-4,7H2,1-2H3,(H,11,12)(H,13,14). The molecule has 0 rings (SSSR count). The normalized spacial score (nSPS) is 15.3. The fraction of sp³-hybridized carbons (Fsp3) is 0.600. The Balaban J connectivity index is 4.87. The van der Waals surface area contributed by atoms with Crippen molar-refractivity contribution < 1.29 is 19.8 Å². The van der Waals surface area contributed by atoms with Crippen LogP contribution in [0.4, 0.5) is 0 Å². The topological polar surface area (TPSA) is 74.6 Å².